The molecule has 0 spiro atoms. The van der Waals surface area contributed by atoms with Crippen LogP contribution < -0.4 is 29.6 Å². The number of carbonyl (C=O) groups is 5. The fourth-order valence-corrected chi connectivity index (χ4v) is 4.72. The maximum Gasteiger partial charge on any atom is 0.308 e. The first-order chi connectivity index (χ1) is 20.4. The molecule has 0 bridgehead atoms. The minimum atomic E-state index is -0.649. The van der Waals surface area contributed by atoms with Gasteiger partial charge in [0.05, 0.1) is 11.3 Å². The van der Waals surface area contributed by atoms with Crippen molar-refractivity contribution in [1.29, 1.82) is 0 Å². The molecule has 12 nitrogen and oxygen atoms in total. The topological polar surface area (TPSA) is 167 Å². The number of hydrogen-bond donors (Lipinski definition) is 3. The highest BCUT2D eigenvalue weighted by atomic mass is 16.6. The Kier molecular flexibility index (Phi) is 11.5. The van der Waals surface area contributed by atoms with Gasteiger partial charge in [0, 0.05) is 52.4 Å². The molecular weight excluding hydrogens is 560 g/mol. The molecule has 3 N–H and O–H groups in total. The van der Waals surface area contributed by atoms with Crippen molar-refractivity contribution in [2.75, 3.05) is 13.1 Å². The van der Waals surface area contributed by atoms with Crippen LogP contribution in [0.25, 0.3) is 5.70 Å². The highest BCUT2D eigenvalue weighted by Crippen LogP contribution is 2.32. The van der Waals surface area contributed by atoms with Crippen LogP contribution in [0.5, 0.6) is 23.0 Å². The number of benzene rings is 1. The fraction of sp³-hybridized carbons (Fsp3) is 0.387. The van der Waals surface area contributed by atoms with Crippen molar-refractivity contribution < 1.29 is 48.0 Å². The SMILES string of the molecule is CC(=O)Oc1c#cc(C(=O)NCC2CCCC(CN/C(=C\O)c3ccc(OC(C)=O)c(OC(C)=O)c3)C2)cc1OC(C)=O. The van der Waals surface area contributed by atoms with Crippen molar-refractivity contribution in [3.8, 4) is 23.0 Å². The Labute approximate surface area is 249 Å². The van der Waals surface area contributed by atoms with Gasteiger partial charge < -0.3 is 34.7 Å². The number of aliphatic hydroxyl groups excluding tert-OH is 1. The van der Waals surface area contributed by atoms with Crippen LogP contribution in [0.1, 0.15) is 69.3 Å². The lowest BCUT2D eigenvalue weighted by molar-refractivity contribution is -0.134. The van der Waals surface area contributed by atoms with Crippen LogP contribution in [-0.4, -0.2) is 48.0 Å². The third-order valence-electron chi connectivity index (χ3n) is 6.47. The Balaban J connectivity index is 1.59. The molecule has 2 aromatic rings. The fourth-order valence-electron chi connectivity index (χ4n) is 4.72. The summed E-state index contributed by atoms with van der Waals surface area (Å²) in [6, 6.07) is 11.1. The molecule has 1 fully saturated rings. The first-order valence-corrected chi connectivity index (χ1v) is 13.7. The number of ether oxygens (including phenoxy) is 4. The quantitative estimate of drug-likeness (QED) is 0.197. The Hall–Kier alpha value is -5.05. The third kappa shape index (κ3) is 10.1. The van der Waals surface area contributed by atoms with E-state index in [4.69, 9.17) is 18.9 Å². The maximum atomic E-state index is 12.8. The van der Waals surface area contributed by atoms with Crippen molar-refractivity contribution in [3.63, 3.8) is 0 Å². The number of carbonyl (C=O) groups excluding carboxylic acids is 5. The Morgan fingerprint density at radius 3 is 1.98 bits per heavy atom. The molecular formula is C31H34N2O10. The van der Waals surface area contributed by atoms with Crippen molar-refractivity contribution in [2.24, 2.45) is 11.8 Å². The van der Waals surface area contributed by atoms with E-state index in [-0.39, 0.29) is 40.4 Å². The van der Waals surface area contributed by atoms with Crippen molar-refractivity contribution in [2.45, 2.75) is 53.4 Å². The van der Waals surface area contributed by atoms with E-state index in [0.717, 1.165) is 31.9 Å². The van der Waals surface area contributed by atoms with Crippen LogP contribution in [0.3, 0.4) is 0 Å². The number of rotatable bonds is 11. The second-order valence-electron chi connectivity index (χ2n) is 10.1. The van der Waals surface area contributed by atoms with Gasteiger partial charge in [0.25, 0.3) is 5.91 Å². The van der Waals surface area contributed by atoms with E-state index in [1.165, 1.54) is 45.9 Å². The molecule has 12 heteroatoms. The molecule has 0 radical (unpaired) electrons. The lowest BCUT2D eigenvalue weighted by atomic mass is 9.81. The predicted molar refractivity (Wildman–Crippen MR) is 152 cm³/mol. The third-order valence-corrected chi connectivity index (χ3v) is 6.47. The summed E-state index contributed by atoms with van der Waals surface area (Å²) in [4.78, 5) is 58.5. The van der Waals surface area contributed by atoms with Crippen LogP contribution in [0.4, 0.5) is 0 Å². The van der Waals surface area contributed by atoms with Crippen molar-refractivity contribution in [3.05, 3.63) is 53.8 Å². The lowest BCUT2D eigenvalue weighted by Gasteiger charge is -2.30. The van der Waals surface area contributed by atoms with Crippen LogP contribution in [-0.2, 0) is 19.2 Å². The van der Waals surface area contributed by atoms with Crippen LogP contribution >= 0.6 is 0 Å². The molecule has 43 heavy (non-hydrogen) atoms. The molecule has 3 rings (SSSR count). The van der Waals surface area contributed by atoms with E-state index in [0.29, 0.717) is 24.4 Å². The smallest absolute Gasteiger partial charge is 0.308 e. The molecule has 0 aliphatic heterocycles. The average Bonchev–Trinajstić information content (AvgIpc) is 2.93. The van der Waals surface area contributed by atoms with Crippen LogP contribution in [0.2, 0.25) is 0 Å². The van der Waals surface area contributed by atoms with Crippen molar-refractivity contribution in [1.82, 2.24) is 10.6 Å². The van der Waals surface area contributed by atoms with E-state index < -0.39 is 29.8 Å². The molecule has 1 aliphatic rings. The van der Waals surface area contributed by atoms with Gasteiger partial charge in [0.15, 0.2) is 17.2 Å². The molecule has 1 saturated carbocycles. The van der Waals surface area contributed by atoms with Gasteiger partial charge in [-0.1, -0.05) is 12.5 Å². The number of esters is 4. The van der Waals surface area contributed by atoms with Crippen LogP contribution in [0.15, 0.2) is 30.5 Å². The molecule has 0 heterocycles. The van der Waals surface area contributed by atoms with Gasteiger partial charge in [-0.25, -0.2) is 0 Å². The minimum absolute atomic E-state index is 0.0469. The van der Waals surface area contributed by atoms with Gasteiger partial charge in [-0.3, -0.25) is 24.0 Å². The summed E-state index contributed by atoms with van der Waals surface area (Å²) < 4.78 is 20.3. The van der Waals surface area contributed by atoms with Gasteiger partial charge in [-0.05, 0) is 55.4 Å². The summed E-state index contributed by atoms with van der Waals surface area (Å²) >= 11 is 0. The Morgan fingerprint density at radius 1 is 0.791 bits per heavy atom. The molecule has 0 saturated heterocycles. The number of aliphatic hydroxyl groups is 1. The van der Waals surface area contributed by atoms with Crippen LogP contribution in [0, 0.1) is 24.0 Å². The Morgan fingerprint density at radius 2 is 1.37 bits per heavy atom. The first kappa shape index (κ1) is 32.5. The molecule has 1 amide bonds. The number of nitrogens with one attached hydrogen (secondary N) is 2. The average molecular weight is 595 g/mol. The van der Waals surface area contributed by atoms with E-state index in [1.807, 2.05) is 0 Å². The van der Waals surface area contributed by atoms with E-state index in [1.54, 1.807) is 6.07 Å². The molecule has 2 aromatic carbocycles. The first-order valence-electron chi connectivity index (χ1n) is 13.7. The largest absolute Gasteiger partial charge is 0.513 e. The molecule has 228 valence electrons. The van der Waals surface area contributed by atoms with Gasteiger partial charge in [-0.15, -0.1) is 0 Å². The van der Waals surface area contributed by atoms with E-state index in [9.17, 15) is 29.1 Å². The summed E-state index contributed by atoms with van der Waals surface area (Å²) in [6.07, 6.45) is 4.56. The zero-order chi connectivity index (χ0) is 31.5. The summed E-state index contributed by atoms with van der Waals surface area (Å²) in [5, 5.41) is 16.0. The number of amides is 1. The summed E-state index contributed by atoms with van der Waals surface area (Å²) in [5.41, 5.74) is 0.993. The van der Waals surface area contributed by atoms with E-state index >= 15 is 0 Å². The lowest BCUT2D eigenvalue weighted by Crippen LogP contribution is -2.34. The van der Waals surface area contributed by atoms with E-state index in [2.05, 4.69) is 22.8 Å². The highest BCUT2D eigenvalue weighted by Gasteiger charge is 2.24. The molecule has 1 aliphatic carbocycles. The zero-order valence-electron chi connectivity index (χ0n) is 24.4. The normalized spacial score (nSPS) is 16.2. The highest BCUT2D eigenvalue weighted by molar-refractivity contribution is 5.94. The predicted octanol–water partition coefficient (Wildman–Crippen LogP) is 3.67. The monoisotopic (exact) mass is 594 g/mol. The van der Waals surface area contributed by atoms with Gasteiger partial charge >= 0.3 is 23.9 Å². The number of hydrogen-bond acceptors (Lipinski definition) is 11. The van der Waals surface area contributed by atoms with Gasteiger partial charge in [0.2, 0.25) is 5.75 Å². The minimum Gasteiger partial charge on any atom is -0.513 e. The molecule has 2 atom stereocenters. The second kappa shape index (κ2) is 15.3. The van der Waals surface area contributed by atoms with Gasteiger partial charge in [0.1, 0.15) is 6.26 Å². The molecule has 0 aromatic heterocycles. The Bertz CT molecular complexity index is 1400. The van der Waals surface area contributed by atoms with Crippen molar-refractivity contribution >= 4 is 35.5 Å². The zero-order valence-corrected chi connectivity index (χ0v) is 24.4. The maximum absolute atomic E-state index is 12.8. The van der Waals surface area contributed by atoms with Gasteiger partial charge in [-0.2, -0.15) is 0 Å². The second-order valence-corrected chi connectivity index (χ2v) is 10.1. The standard InChI is InChI=1S/C31H34N2O10/c1-18(35)40-27-10-8-24(13-29(27)42-20(3)37)26(17-34)32-15-22-6-5-7-23(12-22)16-33-31(39)25-9-11-28(41-19(2)36)30(14-25)43-21(4)38/h8,10,13-14,17,22-23,32,34H,5-7,12,15-16H2,1-4H3,(H,33,39)/b26-17-. The summed E-state index contributed by atoms with van der Waals surface area (Å²) in [7, 11) is 0. The molecule has 2 unspecified atom stereocenters. The summed E-state index contributed by atoms with van der Waals surface area (Å²) in [5.74, 6) is -2.56. The summed E-state index contributed by atoms with van der Waals surface area (Å²) in [6.45, 7) is 5.78.